The molecule has 0 aliphatic heterocycles. The second-order valence-electron chi connectivity index (χ2n) is 1.93. The standard InChI is InChI=1S/C6H6ClN3O2/c1-12-4-2-3(5(8)11)9-6(7)10-4/h2H,1H3,(H2,8,11). The number of amides is 1. The Balaban J connectivity index is 3.15. The molecule has 0 fully saturated rings. The summed E-state index contributed by atoms with van der Waals surface area (Å²) in [5, 5.41) is -0.0665. The van der Waals surface area contributed by atoms with Crippen molar-refractivity contribution in [1.29, 1.82) is 0 Å². The lowest BCUT2D eigenvalue weighted by Crippen LogP contribution is -2.13. The van der Waals surface area contributed by atoms with Gasteiger partial charge in [-0.3, -0.25) is 4.79 Å². The van der Waals surface area contributed by atoms with E-state index in [0.717, 1.165) is 0 Å². The molecule has 1 rings (SSSR count). The van der Waals surface area contributed by atoms with Crippen molar-refractivity contribution in [2.75, 3.05) is 7.11 Å². The van der Waals surface area contributed by atoms with Crippen molar-refractivity contribution in [2.24, 2.45) is 5.73 Å². The second kappa shape index (κ2) is 3.36. The minimum absolute atomic E-state index is 0.0341. The van der Waals surface area contributed by atoms with Gasteiger partial charge in [0.25, 0.3) is 5.91 Å². The quantitative estimate of drug-likeness (QED) is 0.673. The number of halogens is 1. The van der Waals surface area contributed by atoms with E-state index in [9.17, 15) is 4.79 Å². The molecule has 64 valence electrons. The van der Waals surface area contributed by atoms with E-state index in [0.29, 0.717) is 0 Å². The van der Waals surface area contributed by atoms with Gasteiger partial charge in [-0.05, 0) is 11.6 Å². The van der Waals surface area contributed by atoms with Crippen LogP contribution in [0.1, 0.15) is 10.5 Å². The summed E-state index contributed by atoms with van der Waals surface area (Å²) in [7, 11) is 1.41. The first-order valence-corrected chi connectivity index (χ1v) is 3.39. The van der Waals surface area contributed by atoms with E-state index < -0.39 is 5.91 Å². The van der Waals surface area contributed by atoms with Crippen LogP contribution in [0.15, 0.2) is 6.07 Å². The lowest BCUT2D eigenvalue weighted by molar-refractivity contribution is 0.0995. The van der Waals surface area contributed by atoms with E-state index in [1.54, 1.807) is 0 Å². The second-order valence-corrected chi connectivity index (χ2v) is 2.27. The summed E-state index contributed by atoms with van der Waals surface area (Å²) in [5.74, 6) is -0.457. The Morgan fingerprint density at radius 3 is 2.83 bits per heavy atom. The van der Waals surface area contributed by atoms with Gasteiger partial charge < -0.3 is 10.5 Å². The number of primary amides is 1. The molecule has 0 aromatic carbocycles. The van der Waals surface area contributed by atoms with Crippen molar-refractivity contribution in [3.05, 3.63) is 17.0 Å². The van der Waals surface area contributed by atoms with Crippen molar-refractivity contribution in [1.82, 2.24) is 9.97 Å². The largest absolute Gasteiger partial charge is 0.481 e. The first kappa shape index (κ1) is 8.73. The van der Waals surface area contributed by atoms with Crippen molar-refractivity contribution < 1.29 is 9.53 Å². The first-order valence-electron chi connectivity index (χ1n) is 3.02. The summed E-state index contributed by atoms with van der Waals surface area (Å²) in [4.78, 5) is 17.9. The molecule has 0 aliphatic rings. The number of methoxy groups -OCH3 is 1. The number of hydrogen-bond donors (Lipinski definition) is 1. The van der Waals surface area contributed by atoms with Crippen LogP contribution < -0.4 is 10.5 Å². The third kappa shape index (κ3) is 1.82. The molecule has 5 nitrogen and oxygen atoms in total. The first-order chi connectivity index (χ1) is 5.63. The molecule has 1 aromatic rings. The average molecular weight is 188 g/mol. The number of rotatable bonds is 2. The van der Waals surface area contributed by atoms with E-state index in [2.05, 4.69) is 9.97 Å². The fourth-order valence-corrected chi connectivity index (χ4v) is 0.802. The fourth-order valence-electron chi connectivity index (χ4n) is 0.628. The maximum absolute atomic E-state index is 10.6. The zero-order valence-corrected chi connectivity index (χ0v) is 7.00. The molecule has 1 amide bonds. The summed E-state index contributed by atoms with van der Waals surface area (Å²) in [6.45, 7) is 0. The van der Waals surface area contributed by atoms with Gasteiger partial charge in [-0.25, -0.2) is 4.98 Å². The van der Waals surface area contributed by atoms with Crippen molar-refractivity contribution in [2.45, 2.75) is 0 Å². The van der Waals surface area contributed by atoms with Crippen molar-refractivity contribution >= 4 is 17.5 Å². The van der Waals surface area contributed by atoms with Gasteiger partial charge in [0.05, 0.1) is 7.11 Å². The molecule has 0 unspecified atom stereocenters. The van der Waals surface area contributed by atoms with E-state index in [4.69, 9.17) is 22.1 Å². The van der Waals surface area contributed by atoms with E-state index in [-0.39, 0.29) is 16.9 Å². The highest BCUT2D eigenvalue weighted by molar-refractivity contribution is 6.28. The Labute approximate surface area is 73.5 Å². The molecule has 0 bridgehead atoms. The van der Waals surface area contributed by atoms with Gasteiger partial charge in [0.1, 0.15) is 5.69 Å². The highest BCUT2D eigenvalue weighted by Crippen LogP contribution is 2.11. The van der Waals surface area contributed by atoms with Crippen molar-refractivity contribution in [3.63, 3.8) is 0 Å². The molecule has 1 aromatic heterocycles. The minimum Gasteiger partial charge on any atom is -0.481 e. The smallest absolute Gasteiger partial charge is 0.267 e. The zero-order valence-electron chi connectivity index (χ0n) is 6.24. The number of carbonyl (C=O) groups is 1. The van der Waals surface area contributed by atoms with Gasteiger partial charge in [0.2, 0.25) is 11.2 Å². The highest BCUT2D eigenvalue weighted by Gasteiger charge is 2.06. The topological polar surface area (TPSA) is 78.1 Å². The molecule has 1 heterocycles. The number of aromatic nitrogens is 2. The van der Waals surface area contributed by atoms with E-state index in [1.807, 2.05) is 0 Å². The molecular formula is C6H6ClN3O2. The highest BCUT2D eigenvalue weighted by atomic mass is 35.5. The number of ether oxygens (including phenoxy) is 1. The van der Waals surface area contributed by atoms with Gasteiger partial charge in [-0.2, -0.15) is 4.98 Å². The number of nitrogens with zero attached hydrogens (tertiary/aromatic N) is 2. The Hall–Kier alpha value is -1.36. The van der Waals surface area contributed by atoms with Crippen LogP contribution in [0.3, 0.4) is 0 Å². The Kier molecular flexibility index (Phi) is 2.44. The molecule has 2 N–H and O–H groups in total. The van der Waals surface area contributed by atoms with Crippen molar-refractivity contribution in [3.8, 4) is 5.88 Å². The summed E-state index contributed by atoms with van der Waals surface area (Å²) in [6, 6.07) is 1.31. The Morgan fingerprint density at radius 1 is 1.67 bits per heavy atom. The number of carbonyl (C=O) groups excluding carboxylic acids is 1. The molecule has 0 saturated carbocycles. The SMILES string of the molecule is COc1cc(C(N)=O)nc(Cl)n1. The third-order valence-corrected chi connectivity index (χ3v) is 1.31. The average Bonchev–Trinajstić information content (AvgIpc) is 2.03. The maximum Gasteiger partial charge on any atom is 0.267 e. The number of hydrogen-bond acceptors (Lipinski definition) is 4. The van der Waals surface area contributed by atoms with Gasteiger partial charge in [-0.15, -0.1) is 0 Å². The molecule has 0 atom stereocenters. The van der Waals surface area contributed by atoms with Crippen LogP contribution in [0.5, 0.6) is 5.88 Å². The summed E-state index contributed by atoms with van der Waals surface area (Å²) in [6.07, 6.45) is 0. The Bertz CT molecular complexity index is 316. The van der Waals surface area contributed by atoms with Crippen LogP contribution in [0.4, 0.5) is 0 Å². The van der Waals surface area contributed by atoms with Crippen LogP contribution >= 0.6 is 11.6 Å². The van der Waals surface area contributed by atoms with E-state index in [1.165, 1.54) is 13.2 Å². The number of nitrogens with two attached hydrogens (primary N) is 1. The monoisotopic (exact) mass is 187 g/mol. The summed E-state index contributed by atoms with van der Waals surface area (Å²) < 4.78 is 4.74. The van der Waals surface area contributed by atoms with Gasteiger partial charge in [0.15, 0.2) is 0 Å². The van der Waals surface area contributed by atoms with Gasteiger partial charge >= 0.3 is 0 Å². The lowest BCUT2D eigenvalue weighted by atomic mass is 10.4. The summed E-state index contributed by atoms with van der Waals surface area (Å²) >= 11 is 5.46. The fraction of sp³-hybridized carbons (Fsp3) is 0.167. The summed E-state index contributed by atoms with van der Waals surface area (Å²) in [5.41, 5.74) is 5.00. The zero-order chi connectivity index (χ0) is 9.14. The van der Waals surface area contributed by atoms with Gasteiger partial charge in [0, 0.05) is 6.07 Å². The Morgan fingerprint density at radius 2 is 2.33 bits per heavy atom. The lowest BCUT2D eigenvalue weighted by Gasteiger charge is -1.99. The van der Waals surface area contributed by atoms with Crippen LogP contribution in [0.25, 0.3) is 0 Å². The van der Waals surface area contributed by atoms with Crippen LogP contribution in [0, 0.1) is 0 Å². The van der Waals surface area contributed by atoms with Crippen LogP contribution in [0.2, 0.25) is 5.28 Å². The molecule has 0 aliphatic carbocycles. The van der Waals surface area contributed by atoms with Crippen LogP contribution in [-0.4, -0.2) is 23.0 Å². The third-order valence-electron chi connectivity index (χ3n) is 1.14. The molecule has 6 heteroatoms. The molecule has 0 saturated heterocycles. The predicted octanol–water partition coefficient (Wildman–Crippen LogP) is 0.237. The molecular weight excluding hydrogens is 182 g/mol. The van der Waals surface area contributed by atoms with E-state index >= 15 is 0 Å². The molecule has 0 spiro atoms. The molecule has 0 radical (unpaired) electrons. The predicted molar refractivity (Wildman–Crippen MR) is 42.1 cm³/mol. The van der Waals surface area contributed by atoms with Crippen LogP contribution in [-0.2, 0) is 0 Å². The van der Waals surface area contributed by atoms with Gasteiger partial charge in [-0.1, -0.05) is 0 Å². The maximum atomic E-state index is 10.6. The minimum atomic E-state index is -0.669. The molecule has 12 heavy (non-hydrogen) atoms. The normalized spacial score (nSPS) is 9.50.